The van der Waals surface area contributed by atoms with E-state index in [4.69, 9.17) is 0 Å². The second kappa shape index (κ2) is 6.92. The molecule has 24 heavy (non-hydrogen) atoms. The van der Waals surface area contributed by atoms with Crippen LogP contribution in [0.4, 0.5) is 4.79 Å². The molecule has 1 aromatic carbocycles. The first-order valence-electron chi connectivity index (χ1n) is 8.12. The first kappa shape index (κ1) is 17.5. The van der Waals surface area contributed by atoms with Crippen LogP contribution in [0.1, 0.15) is 44.6 Å². The number of aromatic hydroxyl groups is 1. The van der Waals surface area contributed by atoms with Gasteiger partial charge in [-0.15, -0.1) is 0 Å². The fourth-order valence-electron chi connectivity index (χ4n) is 3.35. The minimum Gasteiger partial charge on any atom is -0.507 e. The maximum atomic E-state index is 12.6. The topological polar surface area (TPSA) is 57.6 Å². The van der Waals surface area contributed by atoms with Crippen molar-refractivity contribution in [3.63, 3.8) is 0 Å². The van der Waals surface area contributed by atoms with E-state index >= 15 is 0 Å². The molecule has 0 aromatic heterocycles. The zero-order valence-electron chi connectivity index (χ0n) is 13.5. The SMILES string of the molecule is CC1(CN2C(=O)S/C(=C\c3ccc(O)c(Br)c3)C2=O)CCCCC1. The molecule has 0 radical (unpaired) electrons. The van der Waals surface area contributed by atoms with Crippen LogP contribution in [0.2, 0.25) is 0 Å². The van der Waals surface area contributed by atoms with Crippen LogP contribution in [0, 0.1) is 5.41 Å². The van der Waals surface area contributed by atoms with Crippen LogP contribution in [0.5, 0.6) is 5.75 Å². The van der Waals surface area contributed by atoms with Gasteiger partial charge < -0.3 is 5.11 Å². The van der Waals surface area contributed by atoms with Crippen molar-refractivity contribution < 1.29 is 14.7 Å². The van der Waals surface area contributed by atoms with Crippen LogP contribution in [0.25, 0.3) is 6.08 Å². The number of nitrogens with zero attached hydrogens (tertiary/aromatic N) is 1. The zero-order chi connectivity index (χ0) is 17.3. The molecule has 2 fully saturated rings. The number of amides is 2. The number of carbonyl (C=O) groups excluding carboxylic acids is 2. The Morgan fingerprint density at radius 1 is 1.29 bits per heavy atom. The summed E-state index contributed by atoms with van der Waals surface area (Å²) in [6.07, 6.45) is 7.43. The maximum absolute atomic E-state index is 12.6. The molecule has 128 valence electrons. The number of hydrogen-bond donors (Lipinski definition) is 1. The third kappa shape index (κ3) is 3.70. The van der Waals surface area contributed by atoms with Crippen molar-refractivity contribution >= 4 is 44.9 Å². The predicted molar refractivity (Wildman–Crippen MR) is 99.7 cm³/mol. The first-order valence-corrected chi connectivity index (χ1v) is 9.73. The van der Waals surface area contributed by atoms with Crippen LogP contribution in [0.15, 0.2) is 27.6 Å². The molecule has 0 spiro atoms. The largest absolute Gasteiger partial charge is 0.507 e. The monoisotopic (exact) mass is 409 g/mol. The normalized spacial score (nSPS) is 22.4. The Morgan fingerprint density at radius 2 is 2.00 bits per heavy atom. The minimum atomic E-state index is -0.207. The number of phenols is 1. The Morgan fingerprint density at radius 3 is 2.67 bits per heavy atom. The summed E-state index contributed by atoms with van der Waals surface area (Å²) in [5.74, 6) is -0.0635. The van der Waals surface area contributed by atoms with E-state index in [-0.39, 0.29) is 22.3 Å². The highest BCUT2D eigenvalue weighted by Gasteiger charge is 2.40. The molecule has 1 saturated heterocycles. The third-order valence-corrected chi connectivity index (χ3v) is 6.29. The van der Waals surface area contributed by atoms with E-state index in [0.29, 0.717) is 15.9 Å². The third-order valence-electron chi connectivity index (χ3n) is 4.74. The lowest BCUT2D eigenvalue weighted by Crippen LogP contribution is -2.39. The molecule has 1 aliphatic carbocycles. The first-order chi connectivity index (χ1) is 11.4. The molecule has 6 heteroatoms. The number of thioether (sulfide) groups is 1. The summed E-state index contributed by atoms with van der Waals surface area (Å²) >= 11 is 4.25. The van der Waals surface area contributed by atoms with Gasteiger partial charge in [-0.25, -0.2) is 0 Å². The van der Waals surface area contributed by atoms with Crippen LogP contribution >= 0.6 is 27.7 Å². The number of halogens is 1. The molecule has 1 aliphatic heterocycles. The summed E-state index contributed by atoms with van der Waals surface area (Å²) < 4.78 is 0.560. The smallest absolute Gasteiger partial charge is 0.293 e. The number of carbonyl (C=O) groups is 2. The number of imide groups is 1. The molecule has 1 N–H and O–H groups in total. The zero-order valence-corrected chi connectivity index (χ0v) is 16.0. The standard InChI is InChI=1S/C18H20BrNO3S/c1-18(7-3-2-4-8-18)11-20-16(22)15(24-17(20)23)10-12-5-6-14(21)13(19)9-12/h5-6,9-10,21H,2-4,7-8,11H2,1H3/b15-10-. The van der Waals surface area contributed by atoms with Crippen molar-refractivity contribution in [1.29, 1.82) is 0 Å². The average molecular weight is 410 g/mol. The molecule has 2 aliphatic rings. The van der Waals surface area contributed by atoms with Crippen molar-refractivity contribution in [3.8, 4) is 5.75 Å². The Hall–Kier alpha value is -1.27. The Balaban J connectivity index is 1.78. The lowest BCUT2D eigenvalue weighted by molar-refractivity contribution is -0.124. The molecular weight excluding hydrogens is 390 g/mol. The highest BCUT2D eigenvalue weighted by molar-refractivity contribution is 9.10. The van der Waals surface area contributed by atoms with E-state index in [1.165, 1.54) is 24.2 Å². The van der Waals surface area contributed by atoms with E-state index in [2.05, 4.69) is 22.9 Å². The van der Waals surface area contributed by atoms with Gasteiger partial charge >= 0.3 is 0 Å². The predicted octanol–water partition coefficient (Wildman–Crippen LogP) is 5.16. The van der Waals surface area contributed by atoms with Gasteiger partial charge in [-0.2, -0.15) is 0 Å². The highest BCUT2D eigenvalue weighted by Crippen LogP contribution is 2.40. The van der Waals surface area contributed by atoms with Crippen molar-refractivity contribution in [2.45, 2.75) is 39.0 Å². The van der Waals surface area contributed by atoms with Crippen LogP contribution in [-0.4, -0.2) is 27.7 Å². The molecule has 1 aromatic rings. The van der Waals surface area contributed by atoms with E-state index in [9.17, 15) is 14.7 Å². The van der Waals surface area contributed by atoms with Gasteiger partial charge in [-0.05, 0) is 69.7 Å². The van der Waals surface area contributed by atoms with Crippen LogP contribution in [0.3, 0.4) is 0 Å². The van der Waals surface area contributed by atoms with Crippen molar-refractivity contribution in [2.75, 3.05) is 6.54 Å². The van der Waals surface area contributed by atoms with Gasteiger partial charge in [0.15, 0.2) is 0 Å². The summed E-state index contributed by atoms with van der Waals surface area (Å²) in [5, 5.41) is 9.37. The van der Waals surface area contributed by atoms with Crippen molar-refractivity contribution in [1.82, 2.24) is 4.90 Å². The van der Waals surface area contributed by atoms with E-state index in [1.54, 1.807) is 24.3 Å². The quantitative estimate of drug-likeness (QED) is 0.700. The summed E-state index contributed by atoms with van der Waals surface area (Å²) in [4.78, 5) is 26.8. The molecular formula is C18H20BrNO3S. The Kier molecular flexibility index (Phi) is 5.06. The van der Waals surface area contributed by atoms with Gasteiger partial charge in [-0.3, -0.25) is 14.5 Å². The second-order valence-electron chi connectivity index (χ2n) is 6.85. The van der Waals surface area contributed by atoms with Gasteiger partial charge in [0.05, 0.1) is 9.38 Å². The average Bonchev–Trinajstić information content (AvgIpc) is 2.79. The summed E-state index contributed by atoms with van der Waals surface area (Å²) in [6, 6.07) is 5.01. The van der Waals surface area contributed by atoms with Crippen molar-refractivity contribution in [2.24, 2.45) is 5.41 Å². The second-order valence-corrected chi connectivity index (χ2v) is 8.70. The van der Waals surface area contributed by atoms with Gasteiger partial charge in [0.1, 0.15) is 5.75 Å². The summed E-state index contributed by atoms with van der Waals surface area (Å²) in [5.41, 5.74) is 0.815. The van der Waals surface area contributed by atoms with E-state index in [1.807, 2.05) is 0 Å². The fraction of sp³-hybridized carbons (Fsp3) is 0.444. The lowest BCUT2D eigenvalue weighted by atomic mass is 9.75. The number of rotatable bonds is 3. The van der Waals surface area contributed by atoms with Gasteiger partial charge in [0.2, 0.25) is 0 Å². The maximum Gasteiger partial charge on any atom is 0.293 e. The minimum absolute atomic E-state index is 0.0428. The summed E-state index contributed by atoms with van der Waals surface area (Å²) in [6.45, 7) is 2.68. The molecule has 4 nitrogen and oxygen atoms in total. The van der Waals surface area contributed by atoms with Crippen LogP contribution < -0.4 is 0 Å². The fourth-order valence-corrected chi connectivity index (χ4v) is 4.58. The van der Waals surface area contributed by atoms with Crippen molar-refractivity contribution in [3.05, 3.63) is 33.1 Å². The highest BCUT2D eigenvalue weighted by atomic mass is 79.9. The molecule has 0 bridgehead atoms. The molecule has 0 unspecified atom stereocenters. The van der Waals surface area contributed by atoms with E-state index in [0.717, 1.165) is 30.2 Å². The van der Waals surface area contributed by atoms with Crippen LogP contribution in [-0.2, 0) is 4.79 Å². The molecule has 1 heterocycles. The van der Waals surface area contributed by atoms with Gasteiger partial charge in [-0.1, -0.05) is 32.3 Å². The molecule has 1 saturated carbocycles. The summed E-state index contributed by atoms with van der Waals surface area (Å²) in [7, 11) is 0. The molecule has 3 rings (SSSR count). The van der Waals surface area contributed by atoms with Gasteiger partial charge in [0.25, 0.3) is 11.1 Å². The Labute approximate surface area is 154 Å². The number of hydrogen-bond acceptors (Lipinski definition) is 4. The number of benzene rings is 1. The lowest BCUT2D eigenvalue weighted by Gasteiger charge is -2.35. The molecule has 0 atom stereocenters. The number of phenolic OH excluding ortho intramolecular Hbond substituents is 1. The van der Waals surface area contributed by atoms with Gasteiger partial charge in [0, 0.05) is 6.54 Å². The Bertz CT molecular complexity index is 710. The molecule has 2 amide bonds. The van der Waals surface area contributed by atoms with E-state index < -0.39 is 0 Å².